The fourth-order valence-electron chi connectivity index (χ4n) is 3.60. The Morgan fingerprint density at radius 2 is 2.28 bits per heavy atom. The number of aromatic amines is 1. The maximum absolute atomic E-state index is 13.2. The van der Waals surface area contributed by atoms with E-state index in [0.29, 0.717) is 28.6 Å². The van der Waals surface area contributed by atoms with Crippen LogP contribution < -0.4 is 5.32 Å². The highest BCUT2D eigenvalue weighted by atomic mass is 32.1. The first-order valence-corrected chi connectivity index (χ1v) is 10.6. The third kappa shape index (κ3) is 3.18. The molecule has 1 aliphatic carbocycles. The van der Waals surface area contributed by atoms with Gasteiger partial charge in [-0.25, -0.2) is 4.98 Å². The highest BCUT2D eigenvalue weighted by Gasteiger charge is 2.27. The summed E-state index contributed by atoms with van der Waals surface area (Å²) < 4.78 is 4.33. The molecule has 0 aromatic carbocycles. The van der Waals surface area contributed by atoms with E-state index < -0.39 is 0 Å². The van der Waals surface area contributed by atoms with Gasteiger partial charge in [0.05, 0.1) is 33.8 Å². The van der Waals surface area contributed by atoms with Gasteiger partial charge in [-0.3, -0.25) is 19.1 Å². The third-order valence-electron chi connectivity index (χ3n) is 5.08. The van der Waals surface area contributed by atoms with Crippen LogP contribution in [0.25, 0.3) is 21.6 Å². The Kier molecular flexibility index (Phi) is 4.32. The molecule has 4 aromatic rings. The number of nitrogens with zero attached hydrogens (tertiary/aromatic N) is 5. The van der Waals surface area contributed by atoms with Crippen molar-refractivity contribution in [2.45, 2.75) is 32.4 Å². The van der Waals surface area contributed by atoms with Crippen LogP contribution in [-0.2, 0) is 13.6 Å². The molecule has 4 aromatic heterocycles. The minimum Gasteiger partial charge on any atom is -0.345 e. The standard InChI is InChI=1S/C19H19N7OS2/c1-10-16-12(8-13(14-4-3-7-29-14)21-17(16)25(2)24-10)18(27)20-9-15-22-23-19(28)26(15)11-5-6-11/h3-4,7-8,11H,5-6,9H2,1-2H3,(H,20,27)(H,23,28). The number of fused-ring (bicyclic) bond motifs is 1. The second kappa shape index (κ2) is 6.89. The molecule has 0 radical (unpaired) electrons. The topological polar surface area (TPSA) is 93.4 Å². The van der Waals surface area contributed by atoms with Crippen molar-refractivity contribution < 1.29 is 4.79 Å². The predicted octanol–water partition coefficient (Wildman–Crippen LogP) is 3.52. The van der Waals surface area contributed by atoms with Gasteiger partial charge in [-0.2, -0.15) is 10.2 Å². The lowest BCUT2D eigenvalue weighted by molar-refractivity contribution is 0.0951. The molecule has 1 aliphatic rings. The fraction of sp³-hybridized carbons (Fsp3) is 0.316. The van der Waals surface area contributed by atoms with Crippen LogP contribution in [0.1, 0.15) is 40.8 Å². The maximum Gasteiger partial charge on any atom is 0.252 e. The van der Waals surface area contributed by atoms with Crippen LogP contribution >= 0.6 is 23.6 Å². The summed E-state index contributed by atoms with van der Waals surface area (Å²) in [6, 6.07) is 6.21. The normalized spacial score (nSPS) is 13.9. The van der Waals surface area contributed by atoms with Gasteiger partial charge in [0.2, 0.25) is 0 Å². The number of carbonyl (C=O) groups excluding carboxylic acids is 1. The molecule has 5 rings (SSSR count). The number of hydrogen-bond acceptors (Lipinski definition) is 6. The van der Waals surface area contributed by atoms with Gasteiger partial charge in [0.1, 0.15) is 0 Å². The van der Waals surface area contributed by atoms with Crippen molar-refractivity contribution in [3.05, 3.63) is 45.4 Å². The molecular weight excluding hydrogens is 406 g/mol. The molecule has 1 amide bonds. The van der Waals surface area contributed by atoms with E-state index in [1.54, 1.807) is 16.0 Å². The molecule has 4 heterocycles. The third-order valence-corrected chi connectivity index (χ3v) is 6.26. The quantitative estimate of drug-likeness (QED) is 0.477. The van der Waals surface area contributed by atoms with Crippen LogP contribution in [0, 0.1) is 11.7 Å². The summed E-state index contributed by atoms with van der Waals surface area (Å²) in [4.78, 5) is 18.9. The average molecular weight is 426 g/mol. The van der Waals surface area contributed by atoms with Crippen LogP contribution in [0.4, 0.5) is 0 Å². The number of H-pyrrole nitrogens is 1. The van der Waals surface area contributed by atoms with E-state index in [-0.39, 0.29) is 5.91 Å². The van der Waals surface area contributed by atoms with Crippen LogP contribution in [0.3, 0.4) is 0 Å². The summed E-state index contributed by atoms with van der Waals surface area (Å²) in [5.41, 5.74) is 2.80. The second-order valence-corrected chi connectivity index (χ2v) is 8.50. The number of nitrogens with one attached hydrogen (secondary N) is 2. The van der Waals surface area contributed by atoms with Gasteiger partial charge in [0.15, 0.2) is 16.2 Å². The summed E-state index contributed by atoms with van der Waals surface area (Å²) in [5.74, 6) is 0.570. The molecule has 148 valence electrons. The van der Waals surface area contributed by atoms with Crippen LogP contribution in [0.15, 0.2) is 23.6 Å². The van der Waals surface area contributed by atoms with Crippen molar-refractivity contribution in [3.63, 3.8) is 0 Å². The van der Waals surface area contributed by atoms with Gasteiger partial charge in [0, 0.05) is 13.1 Å². The molecule has 0 bridgehead atoms. The van der Waals surface area contributed by atoms with Crippen molar-refractivity contribution in [2.24, 2.45) is 7.05 Å². The Morgan fingerprint density at radius 3 is 3.00 bits per heavy atom. The number of pyridine rings is 1. The number of hydrogen-bond donors (Lipinski definition) is 2. The Hall–Kier alpha value is -2.85. The summed E-state index contributed by atoms with van der Waals surface area (Å²) in [6.07, 6.45) is 2.19. The van der Waals surface area contributed by atoms with Crippen LogP contribution in [0.2, 0.25) is 0 Å². The first-order chi connectivity index (χ1) is 14.0. The number of aryl methyl sites for hydroxylation is 2. The van der Waals surface area contributed by atoms with E-state index in [9.17, 15) is 4.79 Å². The molecule has 29 heavy (non-hydrogen) atoms. The van der Waals surface area contributed by atoms with Crippen LogP contribution in [0.5, 0.6) is 0 Å². The zero-order valence-corrected chi connectivity index (χ0v) is 17.6. The molecule has 0 aliphatic heterocycles. The molecule has 1 fully saturated rings. The zero-order chi connectivity index (χ0) is 20.1. The molecule has 2 N–H and O–H groups in total. The number of thiophene rings is 1. The SMILES string of the molecule is Cc1nn(C)c2nc(-c3cccs3)cc(C(=O)NCc3n[nH]c(=S)n3C3CC3)c12. The molecule has 10 heteroatoms. The molecule has 8 nitrogen and oxygen atoms in total. The van der Waals surface area contributed by atoms with Crippen molar-refractivity contribution in [1.82, 2.24) is 34.8 Å². The van der Waals surface area contributed by atoms with E-state index >= 15 is 0 Å². The van der Waals surface area contributed by atoms with Gasteiger partial charge in [-0.05, 0) is 49.5 Å². The Morgan fingerprint density at radius 1 is 1.45 bits per heavy atom. The monoisotopic (exact) mass is 425 g/mol. The van der Waals surface area contributed by atoms with Gasteiger partial charge in [-0.1, -0.05) is 6.07 Å². The molecule has 0 unspecified atom stereocenters. The lowest BCUT2D eigenvalue weighted by atomic mass is 10.1. The minimum atomic E-state index is -0.178. The maximum atomic E-state index is 13.2. The summed E-state index contributed by atoms with van der Waals surface area (Å²) in [6.45, 7) is 2.20. The molecule has 1 saturated carbocycles. The highest BCUT2D eigenvalue weighted by molar-refractivity contribution is 7.71. The molecule has 0 atom stereocenters. The van der Waals surface area contributed by atoms with E-state index in [1.807, 2.05) is 42.1 Å². The molecule has 0 saturated heterocycles. The number of amides is 1. The Balaban J connectivity index is 1.52. The lowest BCUT2D eigenvalue weighted by Gasteiger charge is -2.09. The van der Waals surface area contributed by atoms with Gasteiger partial charge in [0.25, 0.3) is 5.91 Å². The minimum absolute atomic E-state index is 0.178. The summed E-state index contributed by atoms with van der Waals surface area (Å²) in [5, 5.41) is 17.4. The average Bonchev–Trinajstić information content (AvgIpc) is 3.12. The predicted molar refractivity (Wildman–Crippen MR) is 113 cm³/mol. The van der Waals surface area contributed by atoms with Crippen molar-refractivity contribution >= 4 is 40.5 Å². The van der Waals surface area contributed by atoms with Crippen molar-refractivity contribution in [2.75, 3.05) is 0 Å². The van der Waals surface area contributed by atoms with Gasteiger partial charge >= 0.3 is 0 Å². The largest absolute Gasteiger partial charge is 0.345 e. The van der Waals surface area contributed by atoms with Gasteiger partial charge < -0.3 is 5.32 Å². The fourth-order valence-corrected chi connectivity index (χ4v) is 4.59. The number of rotatable bonds is 5. The first-order valence-electron chi connectivity index (χ1n) is 9.35. The second-order valence-electron chi connectivity index (χ2n) is 7.17. The van der Waals surface area contributed by atoms with Crippen LogP contribution in [-0.4, -0.2) is 35.4 Å². The van der Waals surface area contributed by atoms with E-state index in [4.69, 9.17) is 17.2 Å². The summed E-state index contributed by atoms with van der Waals surface area (Å²) >= 11 is 6.91. The van der Waals surface area contributed by atoms with E-state index in [2.05, 4.69) is 20.6 Å². The molecular formula is C19H19N7OS2. The highest BCUT2D eigenvalue weighted by Crippen LogP contribution is 2.35. The smallest absolute Gasteiger partial charge is 0.252 e. The lowest BCUT2D eigenvalue weighted by Crippen LogP contribution is -2.25. The first kappa shape index (κ1) is 18.2. The van der Waals surface area contributed by atoms with Gasteiger partial charge in [-0.15, -0.1) is 11.3 Å². The summed E-state index contributed by atoms with van der Waals surface area (Å²) in [7, 11) is 1.84. The Bertz CT molecular complexity index is 1280. The number of carbonyl (C=O) groups is 1. The van der Waals surface area contributed by atoms with E-state index in [1.165, 1.54) is 0 Å². The zero-order valence-electron chi connectivity index (χ0n) is 16.0. The molecule has 0 spiro atoms. The van der Waals surface area contributed by atoms with Crippen molar-refractivity contribution in [1.29, 1.82) is 0 Å². The number of aromatic nitrogens is 6. The van der Waals surface area contributed by atoms with Crippen molar-refractivity contribution in [3.8, 4) is 10.6 Å². The van der Waals surface area contributed by atoms with E-state index in [0.717, 1.165) is 40.3 Å². The Labute approximate surface area is 175 Å².